The van der Waals surface area contributed by atoms with Gasteiger partial charge in [0.15, 0.2) is 0 Å². The normalized spacial score (nSPS) is 18.6. The second-order valence-electron chi connectivity index (χ2n) is 9.96. The van der Waals surface area contributed by atoms with Crippen LogP contribution in [0.3, 0.4) is 0 Å². The zero-order valence-corrected chi connectivity index (χ0v) is 22.1. The molecular weight excluding hydrogens is 468 g/mol. The van der Waals surface area contributed by atoms with E-state index < -0.39 is 21.5 Å². The molecule has 34 heavy (non-hydrogen) atoms. The van der Waals surface area contributed by atoms with Crippen LogP contribution in [0.15, 0.2) is 58.4 Å². The number of nitrogens with one attached hydrogen (secondary N) is 1. The molecule has 0 spiro atoms. The predicted octanol–water partition coefficient (Wildman–Crippen LogP) is 5.24. The van der Waals surface area contributed by atoms with Crippen LogP contribution in [0, 0.1) is 13.8 Å². The van der Waals surface area contributed by atoms with Crippen LogP contribution < -0.4 is 4.72 Å². The summed E-state index contributed by atoms with van der Waals surface area (Å²) in [5.41, 5.74) is 2.85. The fourth-order valence-electron chi connectivity index (χ4n) is 3.59. The van der Waals surface area contributed by atoms with Gasteiger partial charge in [0.2, 0.25) is 10.0 Å². The summed E-state index contributed by atoms with van der Waals surface area (Å²) in [6, 6.07) is 11.3. The fraction of sp³-hybridized carbons (Fsp3) is 0.385. The van der Waals surface area contributed by atoms with Crippen molar-refractivity contribution in [3.05, 3.63) is 76.4 Å². The molecule has 182 valence electrons. The highest BCUT2D eigenvalue weighted by Crippen LogP contribution is 2.26. The van der Waals surface area contributed by atoms with E-state index in [1.807, 2.05) is 12.2 Å². The highest BCUT2D eigenvalue weighted by Gasteiger charge is 2.31. The van der Waals surface area contributed by atoms with E-state index in [1.165, 1.54) is 23.3 Å². The van der Waals surface area contributed by atoms with Crippen molar-refractivity contribution in [3.8, 4) is 0 Å². The maximum atomic E-state index is 13.0. The first kappa shape index (κ1) is 26.2. The number of aliphatic imine (C=N–C) groups is 1. The highest BCUT2D eigenvalue weighted by molar-refractivity contribution is 8.13. The number of thioether (sulfide) groups is 1. The molecule has 2 aromatic carbocycles. The fourth-order valence-corrected chi connectivity index (χ4v) is 5.89. The SMILES string of the molecule is Cc1cc(S(=O)(=O)NC2(C)C=CC(SCc3ccc(C(C)(C)C)cc3)=NC2)cc(C(=O)O)c1C. The molecule has 0 bridgehead atoms. The number of carboxylic acid groups (broad SMARTS) is 1. The number of hydrogen-bond donors (Lipinski definition) is 2. The molecule has 0 saturated heterocycles. The van der Waals surface area contributed by atoms with Crippen LogP contribution in [0.25, 0.3) is 0 Å². The van der Waals surface area contributed by atoms with Gasteiger partial charge in [0, 0.05) is 5.75 Å². The van der Waals surface area contributed by atoms with Gasteiger partial charge in [-0.15, -0.1) is 11.8 Å². The average molecular weight is 501 g/mol. The van der Waals surface area contributed by atoms with Crippen molar-refractivity contribution < 1.29 is 18.3 Å². The molecule has 2 aromatic rings. The molecule has 0 saturated carbocycles. The lowest BCUT2D eigenvalue weighted by atomic mass is 9.87. The molecule has 1 aliphatic heterocycles. The summed E-state index contributed by atoms with van der Waals surface area (Å²) in [4.78, 5) is 16.0. The summed E-state index contributed by atoms with van der Waals surface area (Å²) in [6.07, 6.45) is 3.64. The molecule has 0 aliphatic carbocycles. The lowest BCUT2D eigenvalue weighted by molar-refractivity contribution is 0.0695. The number of carboxylic acids is 1. The van der Waals surface area contributed by atoms with Gasteiger partial charge in [-0.2, -0.15) is 4.72 Å². The van der Waals surface area contributed by atoms with Crippen LogP contribution in [0.5, 0.6) is 0 Å². The third kappa shape index (κ3) is 6.17. The van der Waals surface area contributed by atoms with Gasteiger partial charge in [0.05, 0.1) is 27.6 Å². The summed E-state index contributed by atoms with van der Waals surface area (Å²) in [5, 5.41) is 10.3. The Hall–Kier alpha value is -2.42. The number of rotatable bonds is 6. The van der Waals surface area contributed by atoms with Crippen LogP contribution >= 0.6 is 11.8 Å². The maximum Gasteiger partial charge on any atom is 0.336 e. The van der Waals surface area contributed by atoms with Crippen LogP contribution in [0.2, 0.25) is 0 Å². The topological polar surface area (TPSA) is 95.8 Å². The van der Waals surface area contributed by atoms with Crippen LogP contribution in [-0.4, -0.2) is 36.6 Å². The second-order valence-corrected chi connectivity index (χ2v) is 12.6. The van der Waals surface area contributed by atoms with E-state index in [0.29, 0.717) is 11.1 Å². The molecule has 3 rings (SSSR count). The third-order valence-electron chi connectivity index (χ3n) is 5.91. The number of aromatic carboxylic acids is 1. The number of aryl methyl sites for hydroxylation is 1. The Labute approximate surface area is 206 Å². The van der Waals surface area contributed by atoms with Crippen LogP contribution in [0.4, 0.5) is 0 Å². The first-order chi connectivity index (χ1) is 15.7. The molecule has 6 nitrogen and oxygen atoms in total. The summed E-state index contributed by atoms with van der Waals surface area (Å²) >= 11 is 1.61. The number of nitrogens with zero attached hydrogens (tertiary/aromatic N) is 1. The van der Waals surface area contributed by atoms with Crippen molar-refractivity contribution in [3.63, 3.8) is 0 Å². The van der Waals surface area contributed by atoms with E-state index in [-0.39, 0.29) is 22.4 Å². The Morgan fingerprint density at radius 1 is 1.18 bits per heavy atom. The Balaban J connectivity index is 1.67. The largest absolute Gasteiger partial charge is 0.478 e. The standard InChI is InChI=1S/C26H32N2O4S2/c1-17-13-21(14-22(18(17)2)24(29)30)34(31,32)28-26(6)12-11-23(27-16-26)33-15-19-7-9-20(10-8-19)25(3,4)5/h7-14,28H,15-16H2,1-6H3,(H,29,30). The average Bonchev–Trinajstić information content (AvgIpc) is 2.74. The lowest BCUT2D eigenvalue weighted by Crippen LogP contribution is -2.48. The Morgan fingerprint density at radius 3 is 2.35 bits per heavy atom. The van der Waals surface area contributed by atoms with Crippen molar-refractivity contribution in [1.29, 1.82) is 0 Å². The second kappa shape index (κ2) is 9.68. The molecule has 0 aromatic heterocycles. The summed E-state index contributed by atoms with van der Waals surface area (Å²) in [6.45, 7) is 12.0. The minimum atomic E-state index is -3.94. The Morgan fingerprint density at radius 2 is 1.82 bits per heavy atom. The quantitative estimate of drug-likeness (QED) is 0.566. The predicted molar refractivity (Wildman–Crippen MR) is 139 cm³/mol. The molecule has 1 heterocycles. The van der Waals surface area contributed by atoms with E-state index >= 15 is 0 Å². The van der Waals surface area contributed by atoms with Crippen molar-refractivity contribution in [1.82, 2.24) is 4.72 Å². The summed E-state index contributed by atoms with van der Waals surface area (Å²) in [7, 11) is -3.94. The van der Waals surface area contributed by atoms with Gasteiger partial charge in [-0.25, -0.2) is 13.2 Å². The minimum Gasteiger partial charge on any atom is -0.478 e. The number of dihydropyridines is 1. The van der Waals surface area contributed by atoms with Crippen molar-refractivity contribution in [2.24, 2.45) is 4.99 Å². The first-order valence-electron chi connectivity index (χ1n) is 11.0. The van der Waals surface area contributed by atoms with E-state index in [9.17, 15) is 18.3 Å². The Kier molecular flexibility index (Phi) is 7.45. The number of sulfonamides is 1. The molecule has 8 heteroatoms. The summed E-state index contributed by atoms with van der Waals surface area (Å²) < 4.78 is 28.8. The van der Waals surface area contributed by atoms with Crippen LogP contribution in [-0.2, 0) is 21.2 Å². The van der Waals surface area contributed by atoms with Gasteiger partial charge in [-0.3, -0.25) is 4.99 Å². The van der Waals surface area contributed by atoms with E-state index in [0.717, 1.165) is 10.8 Å². The van der Waals surface area contributed by atoms with E-state index in [1.54, 1.807) is 32.5 Å². The molecule has 1 unspecified atom stereocenters. The molecule has 2 N–H and O–H groups in total. The van der Waals surface area contributed by atoms with Gasteiger partial charge in [0.25, 0.3) is 0 Å². The molecule has 1 atom stereocenters. The van der Waals surface area contributed by atoms with Gasteiger partial charge in [-0.05, 0) is 66.6 Å². The molecule has 0 amide bonds. The highest BCUT2D eigenvalue weighted by atomic mass is 32.2. The molecule has 0 fully saturated rings. The van der Waals surface area contributed by atoms with Gasteiger partial charge in [-0.1, -0.05) is 51.1 Å². The summed E-state index contributed by atoms with van der Waals surface area (Å²) in [5.74, 6) is -0.378. The zero-order valence-electron chi connectivity index (χ0n) is 20.5. The van der Waals surface area contributed by atoms with Crippen molar-refractivity contribution >= 4 is 32.8 Å². The minimum absolute atomic E-state index is 0.0167. The van der Waals surface area contributed by atoms with Crippen molar-refractivity contribution in [2.45, 2.75) is 63.1 Å². The number of benzene rings is 2. The smallest absolute Gasteiger partial charge is 0.336 e. The number of hydrogen-bond acceptors (Lipinski definition) is 5. The van der Waals surface area contributed by atoms with E-state index in [4.69, 9.17) is 0 Å². The zero-order chi connectivity index (χ0) is 25.3. The molecule has 1 aliphatic rings. The lowest BCUT2D eigenvalue weighted by Gasteiger charge is -2.28. The van der Waals surface area contributed by atoms with Gasteiger partial charge in [0.1, 0.15) is 0 Å². The first-order valence-corrected chi connectivity index (χ1v) is 13.5. The van der Waals surface area contributed by atoms with Gasteiger partial charge >= 0.3 is 5.97 Å². The maximum absolute atomic E-state index is 13.0. The molecular formula is C26H32N2O4S2. The van der Waals surface area contributed by atoms with Gasteiger partial charge < -0.3 is 5.11 Å². The van der Waals surface area contributed by atoms with Crippen LogP contribution in [0.1, 0.15) is 60.3 Å². The molecule has 0 radical (unpaired) electrons. The van der Waals surface area contributed by atoms with E-state index in [2.05, 4.69) is 54.8 Å². The monoisotopic (exact) mass is 500 g/mol. The third-order valence-corrected chi connectivity index (χ3v) is 8.54. The number of carbonyl (C=O) groups is 1. The Bertz CT molecular complexity index is 1260. The van der Waals surface area contributed by atoms with Crippen molar-refractivity contribution in [2.75, 3.05) is 6.54 Å².